The van der Waals surface area contributed by atoms with Crippen LogP contribution in [0.2, 0.25) is 0 Å². The third-order valence-electron chi connectivity index (χ3n) is 2.22. The van der Waals surface area contributed by atoms with E-state index in [0.717, 1.165) is 5.56 Å². The number of benzene rings is 1. The third-order valence-corrected chi connectivity index (χ3v) is 2.22. The molecule has 1 heterocycles. The van der Waals surface area contributed by atoms with Gasteiger partial charge in [0.05, 0.1) is 13.2 Å². The molecule has 4 heteroatoms. The molecule has 80 valence electrons. The first-order chi connectivity index (χ1) is 7.27. The molecule has 0 bridgehead atoms. The summed E-state index contributed by atoms with van der Waals surface area (Å²) in [5.74, 6) is -0.914. The van der Waals surface area contributed by atoms with E-state index in [2.05, 4.69) is 0 Å². The maximum atomic E-state index is 10.4. The van der Waals surface area contributed by atoms with Crippen LogP contribution in [0, 0.1) is 0 Å². The van der Waals surface area contributed by atoms with Gasteiger partial charge < -0.3 is 14.6 Å². The van der Waals surface area contributed by atoms with Gasteiger partial charge in [0.15, 0.2) is 6.10 Å². The molecule has 0 unspecified atom stereocenters. The second-order valence-corrected chi connectivity index (χ2v) is 3.43. The topological polar surface area (TPSA) is 59.1 Å². The summed E-state index contributed by atoms with van der Waals surface area (Å²) < 4.78 is 10.2. The zero-order valence-corrected chi connectivity index (χ0v) is 8.13. The maximum Gasteiger partial charge on any atom is 0.335 e. The average molecular weight is 208 g/mol. The van der Waals surface area contributed by atoms with E-state index in [0.29, 0.717) is 13.2 Å². The van der Waals surface area contributed by atoms with E-state index in [1.54, 1.807) is 0 Å². The zero-order valence-electron chi connectivity index (χ0n) is 8.13. The molecule has 0 amide bonds. The Kier molecular flexibility index (Phi) is 2.99. The summed E-state index contributed by atoms with van der Waals surface area (Å²) in [6.07, 6.45) is -0.938. The third kappa shape index (κ3) is 2.78. The summed E-state index contributed by atoms with van der Waals surface area (Å²) >= 11 is 0. The second kappa shape index (κ2) is 4.42. The highest BCUT2D eigenvalue weighted by Gasteiger charge is 2.45. The van der Waals surface area contributed by atoms with Crippen LogP contribution in [0.3, 0.4) is 0 Å². The van der Waals surface area contributed by atoms with Gasteiger partial charge in [-0.3, -0.25) is 0 Å². The summed E-state index contributed by atoms with van der Waals surface area (Å²) in [7, 11) is 0. The highest BCUT2D eigenvalue weighted by atomic mass is 16.6. The van der Waals surface area contributed by atoms with Gasteiger partial charge in [0.25, 0.3) is 0 Å². The van der Waals surface area contributed by atoms with Crippen molar-refractivity contribution in [2.45, 2.75) is 18.8 Å². The van der Waals surface area contributed by atoms with Gasteiger partial charge in [0.2, 0.25) is 0 Å². The second-order valence-electron chi connectivity index (χ2n) is 3.43. The number of epoxide rings is 1. The molecule has 1 fully saturated rings. The smallest absolute Gasteiger partial charge is 0.335 e. The Morgan fingerprint density at radius 3 is 2.73 bits per heavy atom. The molecule has 0 aromatic heterocycles. The van der Waals surface area contributed by atoms with Gasteiger partial charge in [-0.25, -0.2) is 4.79 Å². The predicted octanol–water partition coefficient (Wildman–Crippen LogP) is 1.06. The van der Waals surface area contributed by atoms with E-state index in [1.165, 1.54) is 0 Å². The number of carbonyl (C=O) groups is 1. The van der Waals surface area contributed by atoms with E-state index in [9.17, 15) is 4.79 Å². The van der Waals surface area contributed by atoms with Crippen molar-refractivity contribution in [1.82, 2.24) is 0 Å². The first-order valence-corrected chi connectivity index (χ1v) is 4.77. The molecule has 2 atom stereocenters. The fraction of sp³-hybridized carbons (Fsp3) is 0.364. The predicted molar refractivity (Wildman–Crippen MR) is 52.4 cm³/mol. The minimum absolute atomic E-state index is 0.272. The van der Waals surface area contributed by atoms with Gasteiger partial charge in [0.1, 0.15) is 6.10 Å². The van der Waals surface area contributed by atoms with Gasteiger partial charge >= 0.3 is 5.97 Å². The van der Waals surface area contributed by atoms with Gasteiger partial charge in [-0.1, -0.05) is 30.3 Å². The first-order valence-electron chi connectivity index (χ1n) is 4.77. The number of aliphatic carboxylic acids is 1. The highest BCUT2D eigenvalue weighted by Crippen LogP contribution is 2.22. The van der Waals surface area contributed by atoms with Crippen molar-refractivity contribution in [2.75, 3.05) is 6.61 Å². The Balaban J connectivity index is 1.67. The summed E-state index contributed by atoms with van der Waals surface area (Å²) in [5, 5.41) is 8.56. The molecule has 1 saturated heterocycles. The SMILES string of the molecule is O=C(O)[C@@H]1O[C@@H]1COCc1ccccc1. The summed E-state index contributed by atoms with van der Waals surface area (Å²) in [4.78, 5) is 10.4. The molecule has 4 nitrogen and oxygen atoms in total. The fourth-order valence-electron chi connectivity index (χ4n) is 1.35. The molecule has 2 rings (SSSR count). The van der Waals surface area contributed by atoms with Crippen molar-refractivity contribution in [1.29, 1.82) is 0 Å². The molecule has 1 N–H and O–H groups in total. The van der Waals surface area contributed by atoms with Crippen molar-refractivity contribution in [2.24, 2.45) is 0 Å². The van der Waals surface area contributed by atoms with E-state index < -0.39 is 12.1 Å². The lowest BCUT2D eigenvalue weighted by Gasteiger charge is -2.01. The van der Waals surface area contributed by atoms with Crippen LogP contribution in [-0.4, -0.2) is 29.9 Å². The van der Waals surface area contributed by atoms with Crippen LogP contribution in [0.15, 0.2) is 30.3 Å². The Bertz CT molecular complexity index is 336. The Morgan fingerprint density at radius 1 is 1.40 bits per heavy atom. The minimum Gasteiger partial charge on any atom is -0.479 e. The van der Waals surface area contributed by atoms with Crippen molar-refractivity contribution in [3.63, 3.8) is 0 Å². The molecule has 1 aliphatic rings. The Morgan fingerprint density at radius 2 is 2.13 bits per heavy atom. The van der Waals surface area contributed by atoms with Crippen molar-refractivity contribution in [3.8, 4) is 0 Å². The molecule has 1 aromatic rings. The largest absolute Gasteiger partial charge is 0.479 e. The van der Waals surface area contributed by atoms with Crippen LogP contribution in [0.4, 0.5) is 0 Å². The summed E-state index contributed by atoms with van der Waals surface area (Å²) in [5.41, 5.74) is 1.07. The zero-order chi connectivity index (χ0) is 10.7. The van der Waals surface area contributed by atoms with Gasteiger partial charge in [0, 0.05) is 0 Å². The summed E-state index contributed by atoms with van der Waals surface area (Å²) in [6.45, 7) is 0.832. The van der Waals surface area contributed by atoms with E-state index in [-0.39, 0.29) is 6.10 Å². The number of ether oxygens (including phenoxy) is 2. The monoisotopic (exact) mass is 208 g/mol. The Labute approximate surface area is 87.4 Å². The van der Waals surface area contributed by atoms with Gasteiger partial charge in [-0.15, -0.1) is 0 Å². The molecular formula is C11H12O4. The molecule has 1 aromatic carbocycles. The van der Waals surface area contributed by atoms with E-state index in [4.69, 9.17) is 14.6 Å². The van der Waals surface area contributed by atoms with Crippen molar-refractivity contribution >= 4 is 5.97 Å². The molecule has 0 spiro atoms. The number of hydrogen-bond donors (Lipinski definition) is 1. The van der Waals surface area contributed by atoms with Crippen molar-refractivity contribution in [3.05, 3.63) is 35.9 Å². The fourth-order valence-corrected chi connectivity index (χ4v) is 1.35. The van der Waals surface area contributed by atoms with Crippen LogP contribution in [0.25, 0.3) is 0 Å². The quantitative estimate of drug-likeness (QED) is 0.735. The van der Waals surface area contributed by atoms with Gasteiger partial charge in [-0.2, -0.15) is 0 Å². The van der Waals surface area contributed by atoms with E-state index >= 15 is 0 Å². The lowest BCUT2D eigenvalue weighted by molar-refractivity contribution is -0.138. The average Bonchev–Trinajstić information content (AvgIpc) is 2.99. The Hall–Kier alpha value is -1.39. The van der Waals surface area contributed by atoms with Crippen LogP contribution in [-0.2, 0) is 20.9 Å². The molecular weight excluding hydrogens is 196 g/mol. The number of rotatable bonds is 5. The van der Waals surface area contributed by atoms with Crippen LogP contribution in [0.1, 0.15) is 5.56 Å². The molecule has 1 aliphatic heterocycles. The number of hydrogen-bond acceptors (Lipinski definition) is 3. The standard InChI is InChI=1S/C11H12O4/c12-11(13)10-9(15-10)7-14-6-8-4-2-1-3-5-8/h1-5,9-10H,6-7H2,(H,12,13)/t9-,10-/m1/s1. The minimum atomic E-state index is -0.914. The lowest BCUT2D eigenvalue weighted by atomic mass is 10.2. The number of carboxylic acid groups (broad SMARTS) is 1. The number of carboxylic acids is 1. The maximum absolute atomic E-state index is 10.4. The highest BCUT2D eigenvalue weighted by molar-refractivity contribution is 5.75. The molecule has 0 saturated carbocycles. The normalized spacial score (nSPS) is 23.7. The molecule has 0 radical (unpaired) electrons. The van der Waals surface area contributed by atoms with Gasteiger partial charge in [-0.05, 0) is 5.56 Å². The molecule has 15 heavy (non-hydrogen) atoms. The van der Waals surface area contributed by atoms with Crippen molar-refractivity contribution < 1.29 is 19.4 Å². The summed E-state index contributed by atoms with van der Waals surface area (Å²) in [6, 6.07) is 9.73. The van der Waals surface area contributed by atoms with Crippen LogP contribution >= 0.6 is 0 Å². The van der Waals surface area contributed by atoms with Crippen LogP contribution in [0.5, 0.6) is 0 Å². The lowest BCUT2D eigenvalue weighted by Crippen LogP contribution is -2.12. The van der Waals surface area contributed by atoms with Crippen LogP contribution < -0.4 is 0 Å². The molecule has 0 aliphatic carbocycles. The first kappa shape index (κ1) is 10.1. The van der Waals surface area contributed by atoms with E-state index in [1.807, 2.05) is 30.3 Å².